The minimum Gasteiger partial charge on any atom is -0.492 e. The van der Waals surface area contributed by atoms with Crippen molar-refractivity contribution in [3.63, 3.8) is 0 Å². The van der Waals surface area contributed by atoms with Crippen molar-refractivity contribution in [2.75, 3.05) is 13.2 Å². The largest absolute Gasteiger partial charge is 0.492 e. The van der Waals surface area contributed by atoms with Gasteiger partial charge in [0.25, 0.3) is 0 Å². The van der Waals surface area contributed by atoms with E-state index in [9.17, 15) is 0 Å². The summed E-state index contributed by atoms with van der Waals surface area (Å²) in [5.74, 6) is 1.52. The van der Waals surface area contributed by atoms with Gasteiger partial charge in [-0.3, -0.25) is 0 Å². The number of hydrogen-bond donors (Lipinski definition) is 0. The van der Waals surface area contributed by atoms with Crippen LogP contribution in [-0.4, -0.2) is 18.8 Å². The van der Waals surface area contributed by atoms with Gasteiger partial charge in [-0.1, -0.05) is 48.1 Å². The average Bonchev–Trinajstić information content (AvgIpc) is 2.26. The zero-order chi connectivity index (χ0) is 15.6. The summed E-state index contributed by atoms with van der Waals surface area (Å²) in [6, 6.07) is 0. The van der Waals surface area contributed by atoms with Gasteiger partial charge < -0.3 is 9.47 Å². The van der Waals surface area contributed by atoms with Crippen LogP contribution in [0.1, 0.15) is 67.7 Å². The molecule has 0 spiro atoms. The van der Waals surface area contributed by atoms with Crippen LogP contribution in [0.4, 0.5) is 0 Å². The summed E-state index contributed by atoms with van der Waals surface area (Å²) in [7, 11) is 0. The molecule has 1 fully saturated rings. The minimum absolute atomic E-state index is 0.0922. The number of allylic oxidation sites excluding steroid dienone is 1. The van der Waals surface area contributed by atoms with E-state index in [4.69, 9.17) is 9.47 Å². The Balaban J connectivity index is 2.72. The molecule has 0 N–H and O–H groups in total. The van der Waals surface area contributed by atoms with E-state index in [1.807, 2.05) is 0 Å². The lowest BCUT2D eigenvalue weighted by Crippen LogP contribution is -2.40. The zero-order valence-corrected chi connectivity index (χ0v) is 14.6. The van der Waals surface area contributed by atoms with E-state index in [0.29, 0.717) is 5.92 Å². The lowest BCUT2D eigenvalue weighted by atomic mass is 9.60. The quantitative estimate of drug-likeness (QED) is 0.646. The van der Waals surface area contributed by atoms with Crippen LogP contribution in [0, 0.1) is 16.7 Å². The minimum atomic E-state index is -0.0922. The van der Waals surface area contributed by atoms with E-state index in [-0.39, 0.29) is 16.4 Å². The van der Waals surface area contributed by atoms with Crippen LogP contribution >= 0.6 is 0 Å². The first-order valence-electron chi connectivity index (χ1n) is 7.95. The lowest BCUT2D eigenvalue weighted by Gasteiger charge is -2.47. The Hall–Kier alpha value is -0.500. The molecule has 0 amide bonds. The van der Waals surface area contributed by atoms with E-state index in [2.05, 4.69) is 55.0 Å². The Bertz CT molecular complexity index is 332. The first-order valence-corrected chi connectivity index (χ1v) is 7.95. The number of hydrogen-bond acceptors (Lipinski definition) is 2. The Morgan fingerprint density at radius 2 is 1.70 bits per heavy atom. The molecule has 2 nitrogen and oxygen atoms in total. The van der Waals surface area contributed by atoms with Crippen molar-refractivity contribution >= 4 is 0 Å². The number of rotatable bonds is 5. The first-order chi connectivity index (χ1) is 9.00. The highest BCUT2D eigenvalue weighted by Gasteiger charge is 2.41. The molecule has 0 bridgehead atoms. The van der Waals surface area contributed by atoms with Gasteiger partial charge in [0.2, 0.25) is 0 Å². The third-order valence-corrected chi connectivity index (χ3v) is 5.49. The molecule has 0 radical (unpaired) electrons. The Morgan fingerprint density at radius 1 is 1.20 bits per heavy atom. The van der Waals surface area contributed by atoms with Crippen molar-refractivity contribution < 1.29 is 9.47 Å². The summed E-state index contributed by atoms with van der Waals surface area (Å²) < 4.78 is 11.7. The molecule has 118 valence electrons. The van der Waals surface area contributed by atoms with E-state index in [0.717, 1.165) is 38.2 Å². The van der Waals surface area contributed by atoms with Gasteiger partial charge in [-0.25, -0.2) is 0 Å². The molecule has 1 atom stereocenters. The van der Waals surface area contributed by atoms with Crippen LogP contribution in [0.5, 0.6) is 0 Å². The maximum absolute atomic E-state index is 6.25. The molecule has 20 heavy (non-hydrogen) atoms. The van der Waals surface area contributed by atoms with Crippen LogP contribution in [0.15, 0.2) is 12.3 Å². The summed E-state index contributed by atoms with van der Waals surface area (Å²) in [6.45, 7) is 21.9. The average molecular weight is 282 g/mol. The summed E-state index contributed by atoms with van der Waals surface area (Å²) in [5.41, 5.74) is 0.320. The van der Waals surface area contributed by atoms with Crippen LogP contribution in [0.2, 0.25) is 0 Å². The van der Waals surface area contributed by atoms with Crippen LogP contribution in [0.25, 0.3) is 0 Å². The standard InChI is InChI=1S/C18H34O2/c1-14(2)18(8,16(4,5)6)13-15(3)20-17(7)9-11-19-12-10-17/h14H,3,9-13H2,1-2,4-8H3. The highest BCUT2D eigenvalue weighted by molar-refractivity contribution is 5.00. The van der Waals surface area contributed by atoms with Crippen LogP contribution in [-0.2, 0) is 9.47 Å². The topological polar surface area (TPSA) is 18.5 Å². The maximum Gasteiger partial charge on any atom is 0.110 e. The van der Waals surface area contributed by atoms with E-state index in [1.165, 1.54) is 0 Å². The molecule has 0 aromatic heterocycles. The van der Waals surface area contributed by atoms with Gasteiger partial charge in [0.1, 0.15) is 5.60 Å². The molecule has 1 rings (SSSR count). The third kappa shape index (κ3) is 4.00. The second-order valence-electron chi connectivity index (χ2n) is 8.20. The van der Waals surface area contributed by atoms with Gasteiger partial charge in [-0.15, -0.1) is 0 Å². The van der Waals surface area contributed by atoms with Crippen LogP contribution in [0.3, 0.4) is 0 Å². The predicted octanol–water partition coefficient (Wildman–Crippen LogP) is 5.18. The summed E-state index contributed by atoms with van der Waals surface area (Å²) in [4.78, 5) is 0. The van der Waals surface area contributed by atoms with Crippen molar-refractivity contribution in [2.45, 2.75) is 73.3 Å². The highest BCUT2D eigenvalue weighted by Crippen LogP contribution is 2.49. The van der Waals surface area contributed by atoms with Gasteiger partial charge in [-0.2, -0.15) is 0 Å². The molecule has 1 aliphatic heterocycles. The van der Waals surface area contributed by atoms with Gasteiger partial charge in [0.05, 0.1) is 19.0 Å². The molecule has 0 aliphatic carbocycles. The molecule has 1 heterocycles. The summed E-state index contributed by atoms with van der Waals surface area (Å²) >= 11 is 0. The molecular formula is C18H34O2. The van der Waals surface area contributed by atoms with Gasteiger partial charge in [0, 0.05) is 19.3 Å². The molecule has 1 unspecified atom stereocenters. The molecule has 2 heteroatoms. The second-order valence-corrected chi connectivity index (χ2v) is 8.20. The Kier molecular flexibility index (Phi) is 5.34. The SMILES string of the molecule is C=C(CC(C)(C(C)C)C(C)(C)C)OC1(C)CCOCC1. The molecule has 1 aliphatic rings. The van der Waals surface area contributed by atoms with E-state index >= 15 is 0 Å². The van der Waals surface area contributed by atoms with Crippen molar-refractivity contribution in [1.29, 1.82) is 0 Å². The maximum atomic E-state index is 6.25. The fourth-order valence-electron chi connectivity index (χ4n) is 3.03. The monoisotopic (exact) mass is 282 g/mol. The second kappa shape index (κ2) is 6.09. The molecule has 0 aromatic rings. The lowest BCUT2D eigenvalue weighted by molar-refractivity contribution is -0.0817. The van der Waals surface area contributed by atoms with Crippen molar-refractivity contribution in [3.8, 4) is 0 Å². The molecule has 0 saturated carbocycles. The molecule has 0 aromatic carbocycles. The van der Waals surface area contributed by atoms with Gasteiger partial charge in [-0.05, 0) is 23.7 Å². The third-order valence-electron chi connectivity index (χ3n) is 5.49. The smallest absolute Gasteiger partial charge is 0.110 e. The molecule has 1 saturated heterocycles. The van der Waals surface area contributed by atoms with E-state index < -0.39 is 0 Å². The zero-order valence-electron chi connectivity index (χ0n) is 14.6. The summed E-state index contributed by atoms with van der Waals surface area (Å²) in [5, 5.41) is 0. The normalized spacial score (nSPS) is 22.4. The summed E-state index contributed by atoms with van der Waals surface area (Å²) in [6.07, 6.45) is 2.84. The number of ether oxygens (including phenoxy) is 2. The van der Waals surface area contributed by atoms with Crippen molar-refractivity contribution in [1.82, 2.24) is 0 Å². The first kappa shape index (κ1) is 17.6. The Morgan fingerprint density at radius 3 is 2.10 bits per heavy atom. The fraction of sp³-hybridized carbons (Fsp3) is 0.889. The highest BCUT2D eigenvalue weighted by atomic mass is 16.5. The fourth-order valence-corrected chi connectivity index (χ4v) is 3.03. The van der Waals surface area contributed by atoms with Crippen LogP contribution < -0.4 is 0 Å². The van der Waals surface area contributed by atoms with E-state index in [1.54, 1.807) is 0 Å². The molecular weight excluding hydrogens is 248 g/mol. The van der Waals surface area contributed by atoms with Crippen molar-refractivity contribution in [2.24, 2.45) is 16.7 Å². The van der Waals surface area contributed by atoms with Gasteiger partial charge in [0.15, 0.2) is 0 Å². The Labute approximate surface area is 125 Å². The van der Waals surface area contributed by atoms with Crippen molar-refractivity contribution in [3.05, 3.63) is 12.3 Å². The van der Waals surface area contributed by atoms with Gasteiger partial charge >= 0.3 is 0 Å². The predicted molar refractivity (Wildman–Crippen MR) is 85.7 cm³/mol.